The van der Waals surface area contributed by atoms with Gasteiger partial charge in [0.05, 0.1) is 25.4 Å². The lowest BCUT2D eigenvalue weighted by molar-refractivity contribution is -0.159. The van der Waals surface area contributed by atoms with Crippen molar-refractivity contribution in [2.24, 2.45) is 5.92 Å². The number of aliphatic hydroxyl groups is 2. The lowest BCUT2D eigenvalue weighted by atomic mass is 9.81. The molecule has 1 saturated carbocycles. The molecule has 1 aliphatic carbocycles. The summed E-state index contributed by atoms with van der Waals surface area (Å²) in [5.41, 5.74) is 1.11. The molecule has 2 fully saturated rings. The summed E-state index contributed by atoms with van der Waals surface area (Å²) in [6, 6.07) is 9.96. The zero-order valence-electron chi connectivity index (χ0n) is 13.0. The maximum atomic E-state index is 10.1. The summed E-state index contributed by atoms with van der Waals surface area (Å²) < 4.78 is 17.4. The molecule has 3 rings (SSSR count). The molecule has 2 N–H and O–H groups in total. The summed E-state index contributed by atoms with van der Waals surface area (Å²) in [7, 11) is 0. The van der Waals surface area contributed by atoms with Gasteiger partial charge >= 0.3 is 0 Å². The summed E-state index contributed by atoms with van der Waals surface area (Å²) >= 11 is 0. The van der Waals surface area contributed by atoms with E-state index in [1.54, 1.807) is 0 Å². The molecule has 5 heteroatoms. The van der Waals surface area contributed by atoms with E-state index in [9.17, 15) is 10.2 Å². The van der Waals surface area contributed by atoms with Gasteiger partial charge in [-0.1, -0.05) is 30.3 Å². The molecule has 0 unspecified atom stereocenters. The van der Waals surface area contributed by atoms with Gasteiger partial charge in [-0.2, -0.15) is 0 Å². The van der Waals surface area contributed by atoms with Crippen LogP contribution in [0.4, 0.5) is 0 Å². The summed E-state index contributed by atoms with van der Waals surface area (Å²) in [4.78, 5) is 0. The first kappa shape index (κ1) is 15.9. The van der Waals surface area contributed by atoms with Gasteiger partial charge in [0, 0.05) is 5.92 Å². The first-order chi connectivity index (χ1) is 10.5. The quantitative estimate of drug-likeness (QED) is 0.881. The summed E-state index contributed by atoms with van der Waals surface area (Å²) in [5.74, 6) is -0.730. The Bertz CT molecular complexity index is 489. The Morgan fingerprint density at radius 1 is 1.14 bits per heavy atom. The van der Waals surface area contributed by atoms with Crippen molar-refractivity contribution in [3.8, 4) is 0 Å². The molecule has 5 atom stereocenters. The molecule has 0 bridgehead atoms. The van der Waals surface area contributed by atoms with Crippen LogP contribution in [0, 0.1) is 5.92 Å². The van der Waals surface area contributed by atoms with Crippen LogP contribution in [0.25, 0.3) is 0 Å². The van der Waals surface area contributed by atoms with E-state index in [2.05, 4.69) is 0 Å². The zero-order chi connectivity index (χ0) is 15.7. The van der Waals surface area contributed by atoms with E-state index < -0.39 is 24.1 Å². The molecule has 0 aromatic heterocycles. The monoisotopic (exact) mass is 308 g/mol. The average Bonchev–Trinajstić information content (AvgIpc) is 2.81. The highest BCUT2D eigenvalue weighted by Crippen LogP contribution is 2.40. The van der Waals surface area contributed by atoms with Crippen molar-refractivity contribution in [1.29, 1.82) is 0 Å². The van der Waals surface area contributed by atoms with Crippen LogP contribution in [0.5, 0.6) is 0 Å². The summed E-state index contributed by atoms with van der Waals surface area (Å²) in [6.45, 7) is 4.65. The highest BCUT2D eigenvalue weighted by Gasteiger charge is 2.53. The molecule has 122 valence electrons. The van der Waals surface area contributed by atoms with Gasteiger partial charge in [0.1, 0.15) is 12.2 Å². The number of aliphatic hydroxyl groups excluding tert-OH is 2. The van der Waals surface area contributed by atoms with Gasteiger partial charge < -0.3 is 24.4 Å². The third-order valence-corrected chi connectivity index (χ3v) is 4.35. The molecule has 5 nitrogen and oxygen atoms in total. The van der Waals surface area contributed by atoms with Crippen LogP contribution in [0.15, 0.2) is 30.3 Å². The van der Waals surface area contributed by atoms with Crippen molar-refractivity contribution in [1.82, 2.24) is 0 Å². The van der Waals surface area contributed by atoms with Crippen molar-refractivity contribution in [3.63, 3.8) is 0 Å². The lowest BCUT2D eigenvalue weighted by Crippen LogP contribution is -2.53. The highest BCUT2D eigenvalue weighted by molar-refractivity contribution is 5.13. The van der Waals surface area contributed by atoms with E-state index in [4.69, 9.17) is 14.2 Å². The Kier molecular flexibility index (Phi) is 4.52. The average molecular weight is 308 g/mol. The number of fused-ring (bicyclic) bond motifs is 1. The number of benzene rings is 1. The molecule has 22 heavy (non-hydrogen) atoms. The third kappa shape index (κ3) is 3.34. The Morgan fingerprint density at radius 3 is 2.55 bits per heavy atom. The fourth-order valence-corrected chi connectivity index (χ4v) is 3.31. The second kappa shape index (κ2) is 6.26. The lowest BCUT2D eigenvalue weighted by Gasteiger charge is -2.37. The minimum absolute atomic E-state index is 0.00823. The second-order valence-corrected chi connectivity index (χ2v) is 6.62. The Balaban J connectivity index is 1.60. The molecule has 1 aromatic carbocycles. The van der Waals surface area contributed by atoms with Crippen molar-refractivity contribution < 1.29 is 24.4 Å². The van der Waals surface area contributed by atoms with Crippen molar-refractivity contribution in [3.05, 3.63) is 35.9 Å². The van der Waals surface area contributed by atoms with E-state index in [-0.39, 0.29) is 12.0 Å². The third-order valence-electron chi connectivity index (χ3n) is 4.35. The van der Waals surface area contributed by atoms with E-state index in [0.717, 1.165) is 5.56 Å². The van der Waals surface area contributed by atoms with Crippen LogP contribution in [0.3, 0.4) is 0 Å². The standard InChI is InChI=1S/C17H24O5/c1-17(2)21-15-12(8-13(18)14(19)16(15)22-17)10-20-9-11-6-4-3-5-7-11/h3-7,12-16,18-19H,8-10H2,1-2H3/t12-,13+,14+,15+,16-/m1/s1. The minimum Gasteiger partial charge on any atom is -0.390 e. The van der Waals surface area contributed by atoms with E-state index in [0.29, 0.717) is 19.6 Å². The van der Waals surface area contributed by atoms with Crippen LogP contribution >= 0.6 is 0 Å². The van der Waals surface area contributed by atoms with E-state index in [1.165, 1.54) is 0 Å². The molecule has 0 amide bonds. The van der Waals surface area contributed by atoms with Crippen LogP contribution in [0.2, 0.25) is 0 Å². The predicted octanol–water partition coefficient (Wildman–Crippen LogP) is 1.46. The normalized spacial score (nSPS) is 37.0. The highest BCUT2D eigenvalue weighted by atomic mass is 16.8. The largest absolute Gasteiger partial charge is 0.390 e. The Morgan fingerprint density at radius 2 is 1.82 bits per heavy atom. The number of hydrogen-bond donors (Lipinski definition) is 2. The molecule has 1 heterocycles. The molecule has 1 aromatic rings. The molecular formula is C17H24O5. The molecule has 1 saturated heterocycles. The minimum atomic E-state index is -0.905. The fourth-order valence-electron chi connectivity index (χ4n) is 3.31. The van der Waals surface area contributed by atoms with Crippen molar-refractivity contribution >= 4 is 0 Å². The van der Waals surface area contributed by atoms with Crippen molar-refractivity contribution in [2.75, 3.05) is 6.61 Å². The van der Waals surface area contributed by atoms with Gasteiger partial charge in [-0.3, -0.25) is 0 Å². The molecule has 2 aliphatic rings. The van der Waals surface area contributed by atoms with Crippen LogP contribution in [0.1, 0.15) is 25.8 Å². The smallest absolute Gasteiger partial charge is 0.163 e. The van der Waals surface area contributed by atoms with E-state index >= 15 is 0 Å². The van der Waals surface area contributed by atoms with Gasteiger partial charge in [0.25, 0.3) is 0 Å². The van der Waals surface area contributed by atoms with Crippen molar-refractivity contribution in [2.45, 2.75) is 57.1 Å². The topological polar surface area (TPSA) is 68.2 Å². The Hall–Kier alpha value is -0.980. The molecular weight excluding hydrogens is 284 g/mol. The first-order valence-corrected chi connectivity index (χ1v) is 7.80. The van der Waals surface area contributed by atoms with E-state index in [1.807, 2.05) is 44.2 Å². The van der Waals surface area contributed by atoms with Crippen LogP contribution in [-0.4, -0.2) is 47.0 Å². The predicted molar refractivity (Wildman–Crippen MR) is 80.0 cm³/mol. The maximum Gasteiger partial charge on any atom is 0.163 e. The van der Waals surface area contributed by atoms with Gasteiger partial charge in [0.2, 0.25) is 0 Å². The summed E-state index contributed by atoms with van der Waals surface area (Å²) in [5, 5.41) is 20.1. The maximum absolute atomic E-state index is 10.1. The summed E-state index contributed by atoms with van der Waals surface area (Å²) in [6.07, 6.45) is -1.99. The number of rotatable bonds is 4. The second-order valence-electron chi connectivity index (χ2n) is 6.62. The zero-order valence-corrected chi connectivity index (χ0v) is 13.0. The van der Waals surface area contributed by atoms with Gasteiger partial charge in [-0.05, 0) is 25.8 Å². The fraction of sp³-hybridized carbons (Fsp3) is 0.647. The van der Waals surface area contributed by atoms with Gasteiger partial charge in [0.15, 0.2) is 5.79 Å². The van der Waals surface area contributed by atoms with Crippen LogP contribution in [-0.2, 0) is 20.8 Å². The number of ether oxygens (including phenoxy) is 3. The van der Waals surface area contributed by atoms with Crippen LogP contribution < -0.4 is 0 Å². The first-order valence-electron chi connectivity index (χ1n) is 7.80. The van der Waals surface area contributed by atoms with Gasteiger partial charge in [-0.25, -0.2) is 0 Å². The number of hydrogen-bond acceptors (Lipinski definition) is 5. The molecule has 0 radical (unpaired) electrons. The van der Waals surface area contributed by atoms with Gasteiger partial charge in [-0.15, -0.1) is 0 Å². The Labute approximate surface area is 130 Å². The SMILES string of the molecule is CC1(C)O[C@@H]2[C@@H](O)[C@@H](O)C[C@H](COCc3ccccc3)[C@@H]2O1. The molecule has 0 spiro atoms. The molecule has 1 aliphatic heterocycles.